The van der Waals surface area contributed by atoms with Crippen LogP contribution in [0.1, 0.15) is 37.8 Å². The molecule has 18 heavy (non-hydrogen) atoms. The van der Waals surface area contributed by atoms with Gasteiger partial charge in [0.1, 0.15) is 0 Å². The fourth-order valence-corrected chi connectivity index (χ4v) is 2.37. The summed E-state index contributed by atoms with van der Waals surface area (Å²) in [6, 6.07) is 6.76. The first-order chi connectivity index (χ1) is 8.75. The molecular weight excluding hydrogens is 222 g/mol. The highest BCUT2D eigenvalue weighted by Gasteiger charge is 2.10. The molecule has 2 rings (SSSR count). The Morgan fingerprint density at radius 2 is 2.00 bits per heavy atom. The molecule has 0 atom stereocenters. The lowest BCUT2D eigenvalue weighted by Crippen LogP contribution is -2.11. The third kappa shape index (κ3) is 4.02. The lowest BCUT2D eigenvalue weighted by Gasteiger charge is -2.10. The second-order valence-corrected chi connectivity index (χ2v) is 5.56. The Balaban J connectivity index is 1.65. The number of rotatable bonds is 7. The van der Waals surface area contributed by atoms with Crippen molar-refractivity contribution in [3.63, 3.8) is 0 Å². The monoisotopic (exact) mass is 247 g/mol. The van der Waals surface area contributed by atoms with Crippen molar-refractivity contribution in [2.75, 3.05) is 25.1 Å². The van der Waals surface area contributed by atoms with Gasteiger partial charge in [0.25, 0.3) is 0 Å². The highest BCUT2D eigenvalue weighted by Crippen LogP contribution is 2.24. The van der Waals surface area contributed by atoms with Gasteiger partial charge in [-0.1, -0.05) is 19.9 Å². The zero-order valence-corrected chi connectivity index (χ0v) is 11.7. The molecule has 0 fully saturated rings. The Bertz CT molecular complexity index is 373. The molecule has 0 radical (unpaired) electrons. The topological polar surface area (TPSA) is 21.3 Å². The zero-order chi connectivity index (χ0) is 12.8. The quantitative estimate of drug-likeness (QED) is 0.743. The molecule has 1 aliphatic carbocycles. The predicted octanol–water partition coefficient (Wildman–Crippen LogP) is 3.65. The van der Waals surface area contributed by atoms with Crippen LogP contribution in [0.15, 0.2) is 18.2 Å². The van der Waals surface area contributed by atoms with E-state index in [4.69, 9.17) is 4.74 Å². The molecule has 1 aromatic rings. The van der Waals surface area contributed by atoms with Crippen LogP contribution in [0.25, 0.3) is 0 Å². The Morgan fingerprint density at radius 3 is 2.83 bits per heavy atom. The van der Waals surface area contributed by atoms with Gasteiger partial charge in [-0.3, -0.25) is 0 Å². The number of ether oxygens (including phenoxy) is 1. The molecule has 2 nitrogen and oxygen atoms in total. The Hall–Kier alpha value is -1.02. The van der Waals surface area contributed by atoms with E-state index in [9.17, 15) is 0 Å². The normalized spacial score (nSPS) is 13.9. The summed E-state index contributed by atoms with van der Waals surface area (Å²) in [6.45, 7) is 7.03. The molecule has 0 saturated carbocycles. The number of anilines is 1. The lowest BCUT2D eigenvalue weighted by molar-refractivity contribution is 0.132. The van der Waals surface area contributed by atoms with Crippen molar-refractivity contribution in [2.45, 2.75) is 39.5 Å². The maximum Gasteiger partial charge on any atom is 0.0639 e. The van der Waals surface area contributed by atoms with Crippen molar-refractivity contribution >= 4 is 5.69 Å². The van der Waals surface area contributed by atoms with Crippen LogP contribution < -0.4 is 5.32 Å². The van der Waals surface area contributed by atoms with E-state index in [-0.39, 0.29) is 0 Å². The van der Waals surface area contributed by atoms with E-state index in [1.165, 1.54) is 36.1 Å². The molecule has 1 aromatic carbocycles. The second-order valence-electron chi connectivity index (χ2n) is 5.56. The van der Waals surface area contributed by atoms with Crippen LogP contribution >= 0.6 is 0 Å². The van der Waals surface area contributed by atoms with Gasteiger partial charge >= 0.3 is 0 Å². The molecule has 0 unspecified atom stereocenters. The summed E-state index contributed by atoms with van der Waals surface area (Å²) in [5.74, 6) is 0.731. The number of fused-ring (bicyclic) bond motifs is 1. The Labute approximate surface area is 111 Å². The third-order valence-electron chi connectivity index (χ3n) is 3.51. The number of hydrogen-bond donors (Lipinski definition) is 1. The van der Waals surface area contributed by atoms with E-state index in [0.29, 0.717) is 0 Å². The molecule has 2 heteroatoms. The van der Waals surface area contributed by atoms with E-state index in [2.05, 4.69) is 37.4 Å². The molecule has 0 saturated heterocycles. The Kier molecular flexibility index (Phi) is 5.06. The third-order valence-corrected chi connectivity index (χ3v) is 3.51. The average molecular weight is 247 g/mol. The minimum absolute atomic E-state index is 0.731. The number of hydrogen-bond acceptors (Lipinski definition) is 2. The number of nitrogens with one attached hydrogen (secondary N) is 1. The van der Waals surface area contributed by atoms with Crippen molar-refractivity contribution in [3.8, 4) is 0 Å². The molecule has 100 valence electrons. The van der Waals surface area contributed by atoms with Gasteiger partial charge < -0.3 is 10.1 Å². The summed E-state index contributed by atoms with van der Waals surface area (Å²) in [6.07, 6.45) is 4.97. The minimum atomic E-state index is 0.731. The van der Waals surface area contributed by atoms with E-state index in [0.717, 1.165) is 32.1 Å². The van der Waals surface area contributed by atoms with Crippen LogP contribution in [0.3, 0.4) is 0 Å². The van der Waals surface area contributed by atoms with Crippen LogP contribution in [0.5, 0.6) is 0 Å². The van der Waals surface area contributed by atoms with Gasteiger partial charge in [-0.2, -0.15) is 0 Å². The van der Waals surface area contributed by atoms with Crippen molar-refractivity contribution < 1.29 is 4.74 Å². The maximum absolute atomic E-state index is 5.60. The van der Waals surface area contributed by atoms with Crippen LogP contribution in [0.4, 0.5) is 5.69 Å². The molecule has 0 spiro atoms. The largest absolute Gasteiger partial charge is 0.383 e. The van der Waals surface area contributed by atoms with Crippen LogP contribution in [-0.2, 0) is 17.6 Å². The smallest absolute Gasteiger partial charge is 0.0639 e. The summed E-state index contributed by atoms with van der Waals surface area (Å²) in [4.78, 5) is 0. The summed E-state index contributed by atoms with van der Waals surface area (Å²) in [5, 5.41) is 3.44. The van der Waals surface area contributed by atoms with Crippen LogP contribution in [-0.4, -0.2) is 19.8 Å². The Morgan fingerprint density at radius 1 is 1.17 bits per heavy atom. The van der Waals surface area contributed by atoms with Gasteiger partial charge in [0, 0.05) is 18.8 Å². The standard InChI is InChI=1S/C16H25NO/c1-13(2)8-10-18-11-9-17-16-7-6-14-4-3-5-15(14)12-16/h6-7,12-13,17H,3-5,8-11H2,1-2H3. The second kappa shape index (κ2) is 6.79. The van der Waals surface area contributed by atoms with Gasteiger partial charge in [0.15, 0.2) is 0 Å². The van der Waals surface area contributed by atoms with Crippen molar-refractivity contribution in [2.24, 2.45) is 5.92 Å². The first-order valence-corrected chi connectivity index (χ1v) is 7.19. The highest BCUT2D eigenvalue weighted by atomic mass is 16.5. The fraction of sp³-hybridized carbons (Fsp3) is 0.625. The molecular formula is C16H25NO. The van der Waals surface area contributed by atoms with E-state index >= 15 is 0 Å². The van der Waals surface area contributed by atoms with Gasteiger partial charge in [0.05, 0.1) is 6.61 Å². The average Bonchev–Trinajstić information content (AvgIpc) is 2.80. The van der Waals surface area contributed by atoms with Crippen molar-refractivity contribution in [1.29, 1.82) is 0 Å². The van der Waals surface area contributed by atoms with Gasteiger partial charge in [-0.15, -0.1) is 0 Å². The molecule has 1 aliphatic rings. The van der Waals surface area contributed by atoms with Gasteiger partial charge in [0.2, 0.25) is 0 Å². The minimum Gasteiger partial charge on any atom is -0.383 e. The molecule has 1 N–H and O–H groups in total. The summed E-state index contributed by atoms with van der Waals surface area (Å²) >= 11 is 0. The van der Waals surface area contributed by atoms with Crippen molar-refractivity contribution in [3.05, 3.63) is 29.3 Å². The number of aryl methyl sites for hydroxylation is 2. The summed E-state index contributed by atoms with van der Waals surface area (Å²) in [7, 11) is 0. The van der Waals surface area contributed by atoms with Gasteiger partial charge in [-0.05, 0) is 54.9 Å². The first kappa shape index (κ1) is 13.4. The fourth-order valence-electron chi connectivity index (χ4n) is 2.37. The molecule has 0 bridgehead atoms. The first-order valence-electron chi connectivity index (χ1n) is 7.19. The lowest BCUT2D eigenvalue weighted by atomic mass is 10.1. The van der Waals surface area contributed by atoms with E-state index in [1.54, 1.807) is 0 Å². The van der Waals surface area contributed by atoms with Crippen molar-refractivity contribution in [1.82, 2.24) is 0 Å². The van der Waals surface area contributed by atoms with E-state index < -0.39 is 0 Å². The predicted molar refractivity (Wildman–Crippen MR) is 77.2 cm³/mol. The molecule has 0 heterocycles. The van der Waals surface area contributed by atoms with E-state index in [1.807, 2.05) is 0 Å². The SMILES string of the molecule is CC(C)CCOCCNc1ccc2c(c1)CCC2. The molecule has 0 aromatic heterocycles. The summed E-state index contributed by atoms with van der Waals surface area (Å²) in [5.41, 5.74) is 4.30. The molecule has 0 amide bonds. The van der Waals surface area contributed by atoms with Gasteiger partial charge in [-0.25, -0.2) is 0 Å². The zero-order valence-electron chi connectivity index (χ0n) is 11.7. The highest BCUT2D eigenvalue weighted by molar-refractivity contribution is 5.50. The summed E-state index contributed by atoms with van der Waals surface area (Å²) < 4.78 is 5.60. The van der Waals surface area contributed by atoms with Crippen LogP contribution in [0, 0.1) is 5.92 Å². The number of benzene rings is 1. The van der Waals surface area contributed by atoms with Crippen LogP contribution in [0.2, 0.25) is 0 Å². The maximum atomic E-state index is 5.60. The molecule has 0 aliphatic heterocycles.